The maximum atomic E-state index is 11.8. The number of hydrogen-bond acceptors (Lipinski definition) is 1. The Morgan fingerprint density at radius 2 is 2.20 bits per heavy atom. The monoisotopic (exact) mass is 331 g/mol. The Hall–Kier alpha value is -0.350. The van der Waals surface area contributed by atoms with Gasteiger partial charge in [-0.25, -0.2) is 0 Å². The van der Waals surface area contributed by atoms with Crippen molar-refractivity contribution in [2.24, 2.45) is 0 Å². The van der Waals surface area contributed by atoms with E-state index in [9.17, 15) is 4.79 Å². The minimum absolute atomic E-state index is 0.0125. The van der Waals surface area contributed by atoms with E-state index in [1.807, 2.05) is 30.0 Å². The van der Waals surface area contributed by atoms with Gasteiger partial charge in [0.1, 0.15) is 0 Å². The quantitative estimate of drug-likeness (QED) is 0.723. The van der Waals surface area contributed by atoms with Crippen LogP contribution in [0.3, 0.4) is 0 Å². The Kier molecular flexibility index (Phi) is 3.16. The van der Waals surface area contributed by atoms with Gasteiger partial charge in [-0.3, -0.25) is 4.79 Å². The summed E-state index contributed by atoms with van der Waals surface area (Å²) < 4.78 is 1.08. The van der Waals surface area contributed by atoms with E-state index >= 15 is 0 Å². The van der Waals surface area contributed by atoms with Crippen LogP contribution in [-0.2, 0) is 4.79 Å². The van der Waals surface area contributed by atoms with Crippen molar-refractivity contribution < 1.29 is 4.79 Å². The van der Waals surface area contributed by atoms with E-state index in [2.05, 4.69) is 31.9 Å². The van der Waals surface area contributed by atoms with E-state index in [0.717, 1.165) is 28.7 Å². The first kappa shape index (κ1) is 11.1. The number of alkyl halides is 1. The van der Waals surface area contributed by atoms with Crippen LogP contribution in [0, 0.1) is 6.92 Å². The average molecular weight is 333 g/mol. The Bertz CT molecular complexity index is 406. The normalized spacial score (nSPS) is 21.1. The SMILES string of the molecule is Cc1cc(N2CCC(Br)C2=O)ccc1Br. The molecule has 1 aliphatic rings. The Labute approximate surface area is 106 Å². The molecule has 0 radical (unpaired) electrons. The van der Waals surface area contributed by atoms with Crippen molar-refractivity contribution in [3.8, 4) is 0 Å². The summed E-state index contributed by atoms with van der Waals surface area (Å²) in [5.41, 5.74) is 2.14. The summed E-state index contributed by atoms with van der Waals surface area (Å²) in [6.45, 7) is 2.83. The van der Waals surface area contributed by atoms with Crippen molar-refractivity contribution in [1.82, 2.24) is 0 Å². The molecule has 1 aromatic carbocycles. The van der Waals surface area contributed by atoms with Crippen molar-refractivity contribution in [1.29, 1.82) is 0 Å². The van der Waals surface area contributed by atoms with Crippen LogP contribution in [0.1, 0.15) is 12.0 Å². The van der Waals surface area contributed by atoms with Crippen molar-refractivity contribution >= 4 is 43.5 Å². The first-order valence-corrected chi connectivity index (χ1v) is 6.52. The van der Waals surface area contributed by atoms with Gasteiger partial charge in [0.05, 0.1) is 4.83 Å². The second kappa shape index (κ2) is 4.26. The average Bonchev–Trinajstić information content (AvgIpc) is 2.53. The van der Waals surface area contributed by atoms with Gasteiger partial charge in [-0.2, -0.15) is 0 Å². The minimum atomic E-state index is -0.0125. The number of carbonyl (C=O) groups excluding carboxylic acids is 1. The molecule has 1 unspecified atom stereocenters. The highest BCUT2D eigenvalue weighted by atomic mass is 79.9. The summed E-state index contributed by atoms with van der Waals surface area (Å²) >= 11 is 6.83. The standard InChI is InChI=1S/C11H11Br2NO/c1-7-6-8(2-3-9(7)12)14-5-4-10(13)11(14)15/h2-3,6,10H,4-5H2,1H3. The van der Waals surface area contributed by atoms with Crippen molar-refractivity contribution in [3.05, 3.63) is 28.2 Å². The van der Waals surface area contributed by atoms with Crippen LogP contribution in [0.15, 0.2) is 22.7 Å². The summed E-state index contributed by atoms with van der Waals surface area (Å²) in [6.07, 6.45) is 0.883. The van der Waals surface area contributed by atoms with Gasteiger partial charge in [-0.15, -0.1) is 0 Å². The third-order valence-electron chi connectivity index (χ3n) is 2.59. The second-order valence-electron chi connectivity index (χ2n) is 3.68. The molecule has 1 saturated heterocycles. The van der Waals surface area contributed by atoms with E-state index in [1.165, 1.54) is 0 Å². The van der Waals surface area contributed by atoms with E-state index in [0.29, 0.717) is 0 Å². The molecule has 1 amide bonds. The lowest BCUT2D eigenvalue weighted by molar-refractivity contribution is -0.116. The topological polar surface area (TPSA) is 20.3 Å². The number of anilines is 1. The number of rotatable bonds is 1. The van der Waals surface area contributed by atoms with Crippen LogP contribution in [-0.4, -0.2) is 17.3 Å². The van der Waals surface area contributed by atoms with Gasteiger partial charge in [0.25, 0.3) is 0 Å². The first-order chi connectivity index (χ1) is 7.09. The maximum absolute atomic E-state index is 11.8. The predicted octanol–water partition coefficient (Wildman–Crippen LogP) is 3.26. The molecule has 0 aliphatic carbocycles. The van der Waals surface area contributed by atoms with Gasteiger partial charge < -0.3 is 4.90 Å². The number of benzene rings is 1. The number of hydrogen-bond donors (Lipinski definition) is 0. The number of nitrogens with zero attached hydrogens (tertiary/aromatic N) is 1. The lowest BCUT2D eigenvalue weighted by Crippen LogP contribution is -2.27. The molecule has 1 atom stereocenters. The maximum Gasteiger partial charge on any atom is 0.240 e. The predicted molar refractivity (Wildman–Crippen MR) is 68.6 cm³/mol. The molecular formula is C11H11Br2NO. The van der Waals surface area contributed by atoms with Crippen LogP contribution in [0.5, 0.6) is 0 Å². The third-order valence-corrected chi connectivity index (χ3v) is 4.33. The van der Waals surface area contributed by atoms with Gasteiger partial charge in [0.2, 0.25) is 5.91 Å². The fraction of sp³-hybridized carbons (Fsp3) is 0.364. The highest BCUT2D eigenvalue weighted by Gasteiger charge is 2.30. The number of aryl methyl sites for hydroxylation is 1. The van der Waals surface area contributed by atoms with E-state index in [1.54, 1.807) is 0 Å². The van der Waals surface area contributed by atoms with Gasteiger partial charge >= 0.3 is 0 Å². The molecule has 1 heterocycles. The Balaban J connectivity index is 2.31. The van der Waals surface area contributed by atoms with Gasteiger partial charge in [-0.1, -0.05) is 31.9 Å². The Morgan fingerprint density at radius 3 is 2.73 bits per heavy atom. The summed E-state index contributed by atoms with van der Waals surface area (Å²) in [5.74, 6) is 0.164. The Morgan fingerprint density at radius 1 is 1.47 bits per heavy atom. The first-order valence-electron chi connectivity index (χ1n) is 4.81. The van der Waals surface area contributed by atoms with E-state index < -0.39 is 0 Å². The zero-order chi connectivity index (χ0) is 11.0. The third kappa shape index (κ3) is 2.11. The molecule has 1 aromatic rings. The number of amides is 1. The van der Waals surface area contributed by atoms with Crippen molar-refractivity contribution in [3.63, 3.8) is 0 Å². The molecule has 0 saturated carbocycles. The van der Waals surface area contributed by atoms with Crippen LogP contribution >= 0.6 is 31.9 Å². The van der Waals surface area contributed by atoms with E-state index in [-0.39, 0.29) is 10.7 Å². The van der Waals surface area contributed by atoms with E-state index in [4.69, 9.17) is 0 Å². The fourth-order valence-electron chi connectivity index (χ4n) is 1.70. The summed E-state index contributed by atoms with van der Waals surface area (Å²) in [5, 5.41) is 0. The molecule has 1 fully saturated rings. The van der Waals surface area contributed by atoms with Crippen molar-refractivity contribution in [2.75, 3.05) is 11.4 Å². The van der Waals surface area contributed by atoms with Crippen LogP contribution in [0.4, 0.5) is 5.69 Å². The molecule has 0 spiro atoms. The number of halogens is 2. The van der Waals surface area contributed by atoms with Crippen molar-refractivity contribution in [2.45, 2.75) is 18.2 Å². The smallest absolute Gasteiger partial charge is 0.240 e. The zero-order valence-electron chi connectivity index (χ0n) is 8.34. The molecule has 4 heteroatoms. The molecule has 0 bridgehead atoms. The molecular weight excluding hydrogens is 322 g/mol. The lowest BCUT2D eigenvalue weighted by Gasteiger charge is -2.16. The highest BCUT2D eigenvalue weighted by molar-refractivity contribution is 9.10. The fourth-order valence-corrected chi connectivity index (χ4v) is 2.40. The molecule has 0 aromatic heterocycles. The molecule has 2 rings (SSSR count). The largest absolute Gasteiger partial charge is 0.311 e. The van der Waals surface area contributed by atoms with Gasteiger partial charge in [0.15, 0.2) is 0 Å². The summed E-state index contributed by atoms with van der Waals surface area (Å²) in [7, 11) is 0. The summed E-state index contributed by atoms with van der Waals surface area (Å²) in [4.78, 5) is 13.6. The molecule has 15 heavy (non-hydrogen) atoms. The highest BCUT2D eigenvalue weighted by Crippen LogP contribution is 2.28. The van der Waals surface area contributed by atoms with Gasteiger partial charge in [0, 0.05) is 16.7 Å². The zero-order valence-corrected chi connectivity index (χ0v) is 11.5. The molecule has 0 N–H and O–H groups in total. The molecule has 1 aliphatic heterocycles. The second-order valence-corrected chi connectivity index (χ2v) is 5.64. The van der Waals surface area contributed by atoms with Crippen LogP contribution in [0.2, 0.25) is 0 Å². The molecule has 80 valence electrons. The lowest BCUT2D eigenvalue weighted by atomic mass is 10.2. The summed E-state index contributed by atoms with van der Waals surface area (Å²) in [6, 6.07) is 5.99. The minimum Gasteiger partial charge on any atom is -0.311 e. The van der Waals surface area contributed by atoms with Crippen LogP contribution in [0.25, 0.3) is 0 Å². The van der Waals surface area contributed by atoms with Crippen LogP contribution < -0.4 is 4.90 Å². The van der Waals surface area contributed by atoms with Gasteiger partial charge in [-0.05, 0) is 37.1 Å². The molecule has 2 nitrogen and oxygen atoms in total. The number of carbonyl (C=O) groups is 1.